The summed E-state index contributed by atoms with van der Waals surface area (Å²) in [6, 6.07) is 0. The van der Waals surface area contributed by atoms with Crippen molar-refractivity contribution in [1.29, 1.82) is 0 Å². The van der Waals surface area contributed by atoms with E-state index in [1.54, 1.807) is 16.7 Å². The minimum absolute atomic E-state index is 0.167. The van der Waals surface area contributed by atoms with Gasteiger partial charge in [-0.1, -0.05) is 0 Å². The molecule has 11 nitrogen and oxygen atoms in total. The van der Waals surface area contributed by atoms with Crippen LogP contribution in [0.5, 0.6) is 0 Å². The van der Waals surface area contributed by atoms with Crippen molar-refractivity contribution in [3.8, 4) is 11.3 Å². The summed E-state index contributed by atoms with van der Waals surface area (Å²) in [5.41, 5.74) is 8.23. The van der Waals surface area contributed by atoms with Crippen LogP contribution in [0, 0.1) is 5.92 Å². The van der Waals surface area contributed by atoms with E-state index in [2.05, 4.69) is 19.8 Å². The Hall–Kier alpha value is -2.57. The Morgan fingerprint density at radius 1 is 1.16 bits per heavy atom. The van der Waals surface area contributed by atoms with Crippen LogP contribution in [0.15, 0.2) is 12.4 Å². The molecule has 1 saturated carbocycles. The molecule has 0 spiro atoms. The first-order chi connectivity index (χ1) is 15.3. The van der Waals surface area contributed by atoms with Crippen molar-refractivity contribution in [3.63, 3.8) is 0 Å². The number of sulfonamides is 1. The molecule has 0 aromatic carbocycles. The van der Waals surface area contributed by atoms with Crippen LogP contribution in [0.25, 0.3) is 11.3 Å². The number of piperidine rings is 1. The van der Waals surface area contributed by atoms with Gasteiger partial charge in [0.05, 0.1) is 30.7 Å². The van der Waals surface area contributed by atoms with Gasteiger partial charge in [0, 0.05) is 56.2 Å². The monoisotopic (exact) mass is 458 g/mol. The van der Waals surface area contributed by atoms with Crippen molar-refractivity contribution in [1.82, 2.24) is 24.2 Å². The third-order valence-corrected chi connectivity index (χ3v) is 8.35. The molecule has 3 fully saturated rings. The van der Waals surface area contributed by atoms with Gasteiger partial charge in [-0.05, 0) is 18.8 Å². The lowest BCUT2D eigenvalue weighted by atomic mass is 10.1. The van der Waals surface area contributed by atoms with Gasteiger partial charge >= 0.3 is 0 Å². The summed E-state index contributed by atoms with van der Waals surface area (Å²) in [4.78, 5) is 22.7. The second-order valence-corrected chi connectivity index (χ2v) is 11.0. The highest BCUT2D eigenvalue weighted by molar-refractivity contribution is 7.88. The molecule has 170 valence electrons. The van der Waals surface area contributed by atoms with E-state index in [-0.39, 0.29) is 11.5 Å². The Morgan fingerprint density at radius 3 is 2.59 bits per heavy atom. The molecular formula is C20H26N8O3S. The van der Waals surface area contributed by atoms with Crippen LogP contribution < -0.4 is 15.5 Å². The number of rotatable bonds is 4. The fourth-order valence-corrected chi connectivity index (χ4v) is 6.27. The minimum atomic E-state index is -3.21. The molecule has 3 aliphatic heterocycles. The van der Waals surface area contributed by atoms with E-state index in [0.29, 0.717) is 38.2 Å². The topological polar surface area (TPSA) is 131 Å². The van der Waals surface area contributed by atoms with Crippen molar-refractivity contribution in [2.75, 3.05) is 67.7 Å². The molecule has 5 heterocycles. The molecule has 0 radical (unpaired) electrons. The summed E-state index contributed by atoms with van der Waals surface area (Å²) in [6.45, 7) is 4.64. The number of fused-ring (bicyclic) bond motifs is 2. The zero-order valence-electron chi connectivity index (χ0n) is 17.9. The van der Waals surface area contributed by atoms with Crippen molar-refractivity contribution in [2.45, 2.75) is 18.4 Å². The molecule has 6 rings (SSSR count). The lowest BCUT2D eigenvalue weighted by molar-refractivity contribution is 0.122. The Labute approximate surface area is 186 Å². The number of ether oxygens (including phenoxy) is 1. The largest absolute Gasteiger partial charge is 0.378 e. The first-order valence-corrected chi connectivity index (χ1v) is 12.7. The van der Waals surface area contributed by atoms with E-state index >= 15 is 0 Å². The predicted octanol–water partition coefficient (Wildman–Crippen LogP) is -0.251. The van der Waals surface area contributed by atoms with Gasteiger partial charge < -0.3 is 20.3 Å². The van der Waals surface area contributed by atoms with Crippen LogP contribution in [0.1, 0.15) is 12.0 Å². The number of nitrogen functional groups attached to an aromatic ring is 1. The normalized spacial score (nSPS) is 27.5. The quantitative estimate of drug-likeness (QED) is 0.654. The SMILES string of the molecule is CS(=O)(=O)N1C[C@@H]2C[C@]2(N2CCc3c(-c4cnc(N)nc4)nc(N4CCOCC4)nc32)C1. The van der Waals surface area contributed by atoms with E-state index in [1.165, 1.54) is 6.26 Å². The molecule has 32 heavy (non-hydrogen) atoms. The smallest absolute Gasteiger partial charge is 0.228 e. The molecule has 2 aromatic heterocycles. The molecule has 1 aliphatic carbocycles. The molecule has 0 amide bonds. The molecule has 2 aromatic rings. The van der Waals surface area contributed by atoms with E-state index in [1.807, 2.05) is 0 Å². The van der Waals surface area contributed by atoms with Gasteiger partial charge in [0.1, 0.15) is 5.82 Å². The van der Waals surface area contributed by atoms with Gasteiger partial charge in [-0.2, -0.15) is 9.29 Å². The fraction of sp³-hybridized carbons (Fsp3) is 0.600. The molecule has 12 heteroatoms. The summed E-state index contributed by atoms with van der Waals surface area (Å²) in [5, 5.41) is 0. The average Bonchev–Trinajstić information content (AvgIpc) is 3.12. The van der Waals surface area contributed by atoms with Gasteiger partial charge in [-0.25, -0.2) is 23.4 Å². The molecule has 2 saturated heterocycles. The van der Waals surface area contributed by atoms with Gasteiger partial charge in [0.2, 0.25) is 21.9 Å². The Bertz CT molecular complexity index is 1170. The molecule has 2 atom stereocenters. The third-order valence-electron chi connectivity index (χ3n) is 7.13. The second kappa shape index (κ2) is 6.96. The first-order valence-electron chi connectivity index (χ1n) is 10.9. The van der Waals surface area contributed by atoms with Crippen molar-refractivity contribution >= 4 is 27.7 Å². The average molecular weight is 459 g/mol. The highest BCUT2D eigenvalue weighted by Gasteiger charge is 2.66. The third kappa shape index (κ3) is 3.11. The van der Waals surface area contributed by atoms with Crippen LogP contribution in [-0.4, -0.2) is 90.4 Å². The second-order valence-electron chi connectivity index (χ2n) is 9.07. The first kappa shape index (κ1) is 20.1. The summed E-state index contributed by atoms with van der Waals surface area (Å²) < 4.78 is 31.5. The Morgan fingerprint density at radius 2 is 1.91 bits per heavy atom. The zero-order valence-corrected chi connectivity index (χ0v) is 18.8. The van der Waals surface area contributed by atoms with Crippen molar-refractivity contribution < 1.29 is 13.2 Å². The van der Waals surface area contributed by atoms with Gasteiger partial charge in [-0.15, -0.1) is 0 Å². The summed E-state index contributed by atoms with van der Waals surface area (Å²) in [7, 11) is -3.21. The van der Waals surface area contributed by atoms with E-state index < -0.39 is 10.0 Å². The lowest BCUT2D eigenvalue weighted by Crippen LogP contribution is -2.43. The highest BCUT2D eigenvalue weighted by atomic mass is 32.2. The molecule has 0 bridgehead atoms. The van der Waals surface area contributed by atoms with Crippen molar-refractivity contribution in [2.24, 2.45) is 5.92 Å². The van der Waals surface area contributed by atoms with Crippen LogP contribution in [0.4, 0.5) is 17.7 Å². The highest BCUT2D eigenvalue weighted by Crippen LogP contribution is 2.57. The standard InChI is InChI=1S/C20H26N8O3S/c1-32(29,30)27-11-14-8-20(14,12-27)28-3-2-15-16(13-9-22-18(21)23-10-13)24-19(25-17(15)28)26-4-6-31-7-5-26/h9-10,14H,2-8,11-12H2,1H3,(H2,21,22,23)/t14-,20-/m0/s1. The lowest BCUT2D eigenvalue weighted by Gasteiger charge is -2.31. The number of hydrogen-bond acceptors (Lipinski definition) is 10. The fourth-order valence-electron chi connectivity index (χ4n) is 5.36. The zero-order chi connectivity index (χ0) is 22.1. The summed E-state index contributed by atoms with van der Waals surface area (Å²) >= 11 is 0. The van der Waals surface area contributed by atoms with E-state index in [4.69, 9.17) is 20.4 Å². The number of morpholine rings is 1. The summed E-state index contributed by atoms with van der Waals surface area (Å²) in [5.74, 6) is 2.14. The maximum absolute atomic E-state index is 12.2. The van der Waals surface area contributed by atoms with Gasteiger partial charge in [0.15, 0.2) is 0 Å². The van der Waals surface area contributed by atoms with Crippen LogP contribution in [0.2, 0.25) is 0 Å². The number of hydrogen-bond donors (Lipinski definition) is 1. The number of nitrogens with zero attached hydrogens (tertiary/aromatic N) is 7. The minimum Gasteiger partial charge on any atom is -0.378 e. The molecule has 4 aliphatic rings. The van der Waals surface area contributed by atoms with Gasteiger partial charge in [0.25, 0.3) is 0 Å². The maximum atomic E-state index is 12.2. The maximum Gasteiger partial charge on any atom is 0.228 e. The molecule has 0 unspecified atom stereocenters. The van der Waals surface area contributed by atoms with Crippen LogP contribution in [-0.2, 0) is 21.2 Å². The molecular weight excluding hydrogens is 432 g/mol. The van der Waals surface area contributed by atoms with E-state index in [0.717, 1.165) is 55.1 Å². The molecule has 2 N–H and O–H groups in total. The van der Waals surface area contributed by atoms with Crippen LogP contribution in [0.3, 0.4) is 0 Å². The Balaban J connectivity index is 1.43. The van der Waals surface area contributed by atoms with Crippen LogP contribution >= 0.6 is 0 Å². The number of anilines is 3. The number of aromatic nitrogens is 4. The Kier molecular flexibility index (Phi) is 4.37. The number of nitrogens with two attached hydrogens (primary N) is 1. The van der Waals surface area contributed by atoms with Gasteiger partial charge in [-0.3, -0.25) is 0 Å². The predicted molar refractivity (Wildman–Crippen MR) is 119 cm³/mol. The van der Waals surface area contributed by atoms with E-state index in [9.17, 15) is 8.42 Å². The summed E-state index contributed by atoms with van der Waals surface area (Å²) in [6.07, 6.45) is 6.49. The van der Waals surface area contributed by atoms with Crippen molar-refractivity contribution in [3.05, 3.63) is 18.0 Å².